The molecular weight excluding hydrogens is 266 g/mol. The highest BCUT2D eigenvalue weighted by atomic mass is 16.2. The predicted molar refractivity (Wildman–Crippen MR) is 84.9 cm³/mol. The maximum Gasteiger partial charge on any atom is 0.226 e. The van der Waals surface area contributed by atoms with E-state index in [1.165, 1.54) is 0 Å². The van der Waals surface area contributed by atoms with Crippen molar-refractivity contribution in [3.8, 4) is 0 Å². The number of benzene rings is 1. The summed E-state index contributed by atoms with van der Waals surface area (Å²) in [5, 5.41) is 2.82. The number of rotatable bonds is 6. The predicted octanol–water partition coefficient (Wildman–Crippen LogP) is 1.63. The number of hydrogen-bond acceptors (Lipinski definition) is 3. The van der Waals surface area contributed by atoms with Crippen LogP contribution < -0.4 is 11.1 Å². The van der Waals surface area contributed by atoms with Gasteiger partial charge < -0.3 is 16.0 Å². The Bertz CT molecular complexity index is 481. The first-order chi connectivity index (χ1) is 9.79. The van der Waals surface area contributed by atoms with Gasteiger partial charge in [0, 0.05) is 32.2 Å². The van der Waals surface area contributed by atoms with E-state index in [1.807, 2.05) is 26.0 Å². The number of hydrogen-bond donors (Lipinski definition) is 2. The number of likely N-dealkylation sites (N-methyl/N-ethyl adjacent to an activating group) is 1. The first-order valence-corrected chi connectivity index (χ1v) is 7.14. The van der Waals surface area contributed by atoms with Crippen LogP contribution in [0.25, 0.3) is 0 Å². The highest BCUT2D eigenvalue weighted by Gasteiger charge is 2.13. The molecule has 116 valence electrons. The Hall–Kier alpha value is -1.88. The van der Waals surface area contributed by atoms with Crippen molar-refractivity contribution in [2.24, 2.45) is 11.7 Å². The second-order valence-corrected chi connectivity index (χ2v) is 5.82. The number of nitrogens with one attached hydrogen (secondary N) is 1. The lowest BCUT2D eigenvalue weighted by Crippen LogP contribution is -2.31. The molecule has 0 bridgehead atoms. The van der Waals surface area contributed by atoms with Gasteiger partial charge in [0.25, 0.3) is 0 Å². The van der Waals surface area contributed by atoms with Crippen molar-refractivity contribution in [2.75, 3.05) is 19.4 Å². The Morgan fingerprint density at radius 3 is 2.24 bits per heavy atom. The largest absolute Gasteiger partial charge is 0.349 e. The van der Waals surface area contributed by atoms with E-state index < -0.39 is 0 Å². The Balaban J connectivity index is 2.55. The van der Waals surface area contributed by atoms with Crippen molar-refractivity contribution < 1.29 is 9.59 Å². The molecule has 0 heterocycles. The van der Waals surface area contributed by atoms with E-state index in [2.05, 4.69) is 5.32 Å². The van der Waals surface area contributed by atoms with Crippen molar-refractivity contribution in [1.82, 2.24) is 4.90 Å². The molecule has 0 fully saturated rings. The molecule has 0 saturated heterocycles. The van der Waals surface area contributed by atoms with Crippen LogP contribution in [-0.2, 0) is 16.0 Å². The molecule has 5 nitrogen and oxygen atoms in total. The fraction of sp³-hybridized carbons (Fsp3) is 0.500. The fourth-order valence-electron chi connectivity index (χ4n) is 1.70. The van der Waals surface area contributed by atoms with Gasteiger partial charge in [-0.1, -0.05) is 26.0 Å². The first-order valence-electron chi connectivity index (χ1n) is 7.14. The van der Waals surface area contributed by atoms with E-state index in [-0.39, 0.29) is 23.8 Å². The second kappa shape index (κ2) is 7.78. The molecule has 21 heavy (non-hydrogen) atoms. The number of amides is 2. The monoisotopic (exact) mass is 291 g/mol. The van der Waals surface area contributed by atoms with Gasteiger partial charge >= 0.3 is 0 Å². The van der Waals surface area contributed by atoms with Crippen LogP contribution in [0.3, 0.4) is 0 Å². The van der Waals surface area contributed by atoms with Gasteiger partial charge in [-0.2, -0.15) is 0 Å². The van der Waals surface area contributed by atoms with Gasteiger partial charge in [0.15, 0.2) is 0 Å². The standard InChI is InChI=1S/C16H25N3O2/c1-11(2)14(17)10-15(20)18-13-7-5-12(6-8-13)9-16(21)19(3)4/h5-8,11,14H,9-10,17H2,1-4H3,(H,18,20). The molecule has 3 N–H and O–H groups in total. The SMILES string of the molecule is CC(C)C(N)CC(=O)Nc1ccc(CC(=O)N(C)C)cc1. The van der Waals surface area contributed by atoms with Crippen LogP contribution in [0.1, 0.15) is 25.8 Å². The van der Waals surface area contributed by atoms with Gasteiger partial charge in [-0.05, 0) is 23.6 Å². The number of anilines is 1. The highest BCUT2D eigenvalue weighted by molar-refractivity contribution is 5.91. The highest BCUT2D eigenvalue weighted by Crippen LogP contribution is 2.12. The van der Waals surface area contributed by atoms with E-state index in [1.54, 1.807) is 31.1 Å². The minimum Gasteiger partial charge on any atom is -0.349 e. The van der Waals surface area contributed by atoms with Gasteiger partial charge in [-0.3, -0.25) is 9.59 Å². The molecule has 0 saturated carbocycles. The number of nitrogens with zero attached hydrogens (tertiary/aromatic N) is 1. The average Bonchev–Trinajstić information content (AvgIpc) is 2.40. The van der Waals surface area contributed by atoms with Crippen LogP contribution in [-0.4, -0.2) is 36.9 Å². The first kappa shape index (κ1) is 17.2. The molecule has 0 spiro atoms. The summed E-state index contributed by atoms with van der Waals surface area (Å²) < 4.78 is 0. The zero-order valence-corrected chi connectivity index (χ0v) is 13.2. The normalized spacial score (nSPS) is 12.1. The van der Waals surface area contributed by atoms with E-state index in [4.69, 9.17) is 5.73 Å². The van der Waals surface area contributed by atoms with E-state index in [0.29, 0.717) is 12.8 Å². The van der Waals surface area contributed by atoms with Crippen molar-refractivity contribution in [2.45, 2.75) is 32.7 Å². The molecule has 0 aromatic heterocycles. The minimum absolute atomic E-state index is 0.0506. The van der Waals surface area contributed by atoms with Crippen LogP contribution in [0.15, 0.2) is 24.3 Å². The van der Waals surface area contributed by atoms with Crippen LogP contribution >= 0.6 is 0 Å². The molecule has 5 heteroatoms. The molecular formula is C16H25N3O2. The van der Waals surface area contributed by atoms with E-state index in [0.717, 1.165) is 11.3 Å². The lowest BCUT2D eigenvalue weighted by Gasteiger charge is -2.15. The molecule has 0 radical (unpaired) electrons. The summed E-state index contributed by atoms with van der Waals surface area (Å²) in [5.74, 6) is 0.234. The summed E-state index contributed by atoms with van der Waals surface area (Å²) in [6, 6.07) is 7.16. The van der Waals surface area contributed by atoms with Gasteiger partial charge in [-0.25, -0.2) is 0 Å². The maximum absolute atomic E-state index is 11.8. The summed E-state index contributed by atoms with van der Waals surface area (Å²) in [5.41, 5.74) is 7.52. The van der Waals surface area contributed by atoms with Gasteiger partial charge in [0.2, 0.25) is 11.8 Å². The summed E-state index contributed by atoms with van der Waals surface area (Å²) in [4.78, 5) is 25.0. The lowest BCUT2D eigenvalue weighted by molar-refractivity contribution is -0.128. The quantitative estimate of drug-likeness (QED) is 0.836. The Morgan fingerprint density at radius 2 is 1.76 bits per heavy atom. The Morgan fingerprint density at radius 1 is 1.19 bits per heavy atom. The number of carbonyl (C=O) groups excluding carboxylic acids is 2. The van der Waals surface area contributed by atoms with Crippen molar-refractivity contribution in [1.29, 1.82) is 0 Å². The summed E-state index contributed by atoms with van der Waals surface area (Å²) in [6.45, 7) is 3.99. The second-order valence-electron chi connectivity index (χ2n) is 5.82. The number of nitrogens with two attached hydrogens (primary N) is 1. The van der Waals surface area contributed by atoms with E-state index >= 15 is 0 Å². The van der Waals surface area contributed by atoms with Crippen LogP contribution in [0, 0.1) is 5.92 Å². The Labute approximate surface area is 126 Å². The molecule has 1 rings (SSSR count). The zero-order chi connectivity index (χ0) is 16.0. The smallest absolute Gasteiger partial charge is 0.226 e. The van der Waals surface area contributed by atoms with Crippen LogP contribution in [0.4, 0.5) is 5.69 Å². The maximum atomic E-state index is 11.8. The molecule has 1 aromatic carbocycles. The lowest BCUT2D eigenvalue weighted by atomic mass is 10.0. The fourth-order valence-corrected chi connectivity index (χ4v) is 1.70. The van der Waals surface area contributed by atoms with Crippen LogP contribution in [0.5, 0.6) is 0 Å². The molecule has 1 aromatic rings. The van der Waals surface area contributed by atoms with Crippen LogP contribution in [0.2, 0.25) is 0 Å². The molecule has 1 atom stereocenters. The summed E-state index contributed by atoms with van der Waals surface area (Å²) in [6.07, 6.45) is 0.665. The molecule has 0 aliphatic rings. The number of carbonyl (C=O) groups is 2. The summed E-state index contributed by atoms with van der Waals surface area (Å²) >= 11 is 0. The van der Waals surface area contributed by atoms with Gasteiger partial charge in [0.1, 0.15) is 0 Å². The molecule has 0 aliphatic heterocycles. The van der Waals surface area contributed by atoms with Crippen molar-refractivity contribution >= 4 is 17.5 Å². The van der Waals surface area contributed by atoms with Gasteiger partial charge in [0.05, 0.1) is 6.42 Å². The topological polar surface area (TPSA) is 75.4 Å². The third-order valence-electron chi connectivity index (χ3n) is 3.37. The molecule has 2 amide bonds. The third-order valence-corrected chi connectivity index (χ3v) is 3.37. The minimum atomic E-state index is -0.137. The molecule has 0 aliphatic carbocycles. The van der Waals surface area contributed by atoms with Crippen molar-refractivity contribution in [3.63, 3.8) is 0 Å². The average molecular weight is 291 g/mol. The van der Waals surface area contributed by atoms with Crippen molar-refractivity contribution in [3.05, 3.63) is 29.8 Å². The third kappa shape index (κ3) is 5.95. The summed E-state index contributed by atoms with van der Waals surface area (Å²) in [7, 11) is 3.46. The zero-order valence-electron chi connectivity index (χ0n) is 13.2. The Kier molecular flexibility index (Phi) is 6.37. The molecule has 1 unspecified atom stereocenters. The van der Waals surface area contributed by atoms with E-state index in [9.17, 15) is 9.59 Å². The van der Waals surface area contributed by atoms with Gasteiger partial charge in [-0.15, -0.1) is 0 Å².